The second-order valence-electron chi connectivity index (χ2n) is 9.59. The first kappa shape index (κ1) is 33.7. The number of amides is 4. The largest absolute Gasteiger partial charge is 0.481 e. The highest BCUT2D eigenvalue weighted by molar-refractivity contribution is 5.95. The van der Waals surface area contributed by atoms with Crippen molar-refractivity contribution < 1.29 is 39.0 Å². The fourth-order valence-corrected chi connectivity index (χ4v) is 3.33. The molecule has 0 unspecified atom stereocenters. The van der Waals surface area contributed by atoms with Crippen LogP contribution in [0.2, 0.25) is 0 Å². The van der Waals surface area contributed by atoms with E-state index in [-0.39, 0.29) is 18.8 Å². The van der Waals surface area contributed by atoms with Crippen molar-refractivity contribution in [1.82, 2.24) is 21.3 Å². The van der Waals surface area contributed by atoms with Crippen molar-refractivity contribution in [2.75, 3.05) is 13.1 Å². The predicted octanol–water partition coefficient (Wildman–Crippen LogP) is -1.73. The lowest BCUT2D eigenvalue weighted by Crippen LogP contribution is -2.58. The summed E-state index contributed by atoms with van der Waals surface area (Å²) in [4.78, 5) is 72.4. The first-order chi connectivity index (χ1) is 17.2. The third-order valence-corrected chi connectivity index (χ3v) is 5.32. The van der Waals surface area contributed by atoms with E-state index in [1.165, 1.54) is 0 Å². The summed E-state index contributed by atoms with van der Waals surface area (Å²) in [6.45, 7) is 6.78. The van der Waals surface area contributed by atoms with Crippen LogP contribution in [-0.4, -0.2) is 83.0 Å². The van der Waals surface area contributed by atoms with Gasteiger partial charge in [-0.1, -0.05) is 27.7 Å². The molecule has 0 saturated carbocycles. The van der Waals surface area contributed by atoms with Gasteiger partial charge in [0.2, 0.25) is 23.6 Å². The van der Waals surface area contributed by atoms with Crippen LogP contribution in [0.4, 0.5) is 0 Å². The molecule has 0 aromatic carbocycles. The first-order valence-corrected chi connectivity index (χ1v) is 12.3. The van der Waals surface area contributed by atoms with Gasteiger partial charge in [-0.3, -0.25) is 24.0 Å². The zero-order chi connectivity index (χ0) is 28.7. The number of rotatable bonds is 18. The van der Waals surface area contributed by atoms with E-state index in [0.717, 1.165) is 0 Å². The highest BCUT2D eigenvalue weighted by Crippen LogP contribution is 2.07. The van der Waals surface area contributed by atoms with Gasteiger partial charge in [-0.2, -0.15) is 0 Å². The molecule has 0 saturated heterocycles. The summed E-state index contributed by atoms with van der Waals surface area (Å²) in [6, 6.07) is -4.64. The van der Waals surface area contributed by atoms with E-state index in [4.69, 9.17) is 16.6 Å². The van der Waals surface area contributed by atoms with E-state index in [2.05, 4.69) is 21.3 Å². The molecule has 0 aromatic heterocycles. The zero-order valence-corrected chi connectivity index (χ0v) is 21.9. The Labute approximate surface area is 216 Å². The van der Waals surface area contributed by atoms with Gasteiger partial charge in [-0.05, 0) is 44.1 Å². The molecule has 0 aromatic rings. The van der Waals surface area contributed by atoms with Gasteiger partial charge in [-0.15, -0.1) is 0 Å². The normalized spacial score (nSPS) is 14.3. The third kappa shape index (κ3) is 14.2. The van der Waals surface area contributed by atoms with Crippen LogP contribution in [0, 0.1) is 11.8 Å². The molecule has 0 heterocycles. The molecule has 0 rings (SSSR count). The Kier molecular flexibility index (Phi) is 15.7. The first-order valence-electron chi connectivity index (χ1n) is 12.3. The number of hydrogen-bond acceptors (Lipinski definition) is 8. The number of carboxylic acid groups (broad SMARTS) is 2. The minimum absolute atomic E-state index is 0.0196. The summed E-state index contributed by atoms with van der Waals surface area (Å²) in [5.74, 6) is -5.75. The van der Waals surface area contributed by atoms with Gasteiger partial charge >= 0.3 is 11.9 Å². The molecular formula is C23H42N6O8. The maximum atomic E-state index is 12.9. The van der Waals surface area contributed by atoms with Gasteiger partial charge in [0.15, 0.2) is 0 Å². The van der Waals surface area contributed by atoms with Gasteiger partial charge in [0.25, 0.3) is 0 Å². The molecule has 14 nitrogen and oxygen atoms in total. The van der Waals surface area contributed by atoms with Crippen molar-refractivity contribution >= 4 is 35.6 Å². The maximum Gasteiger partial charge on any atom is 0.326 e. The fraction of sp³-hybridized carbons (Fsp3) is 0.739. The molecule has 0 aliphatic rings. The Morgan fingerprint density at radius 2 is 1.43 bits per heavy atom. The van der Waals surface area contributed by atoms with Crippen LogP contribution in [-0.2, 0) is 28.8 Å². The molecule has 0 bridgehead atoms. The van der Waals surface area contributed by atoms with E-state index in [1.54, 1.807) is 13.8 Å². The summed E-state index contributed by atoms with van der Waals surface area (Å²) in [6.07, 6.45) is 0.844. The Morgan fingerprint density at radius 3 is 1.92 bits per heavy atom. The molecule has 0 radical (unpaired) electrons. The standard InChI is InChI=1S/C23H42N6O8/c1-12(2)9-16(23(36)37)27-17(30)11-26-21(34)15(7-5-6-8-24)28-22(35)19(13(3)4)29-20(33)14(25)10-18(31)32/h12-16,19H,5-11,24-25H2,1-4H3,(H,26,34)(H,27,30)(H,28,35)(H,29,33)(H,31,32)(H,36,37)/t14-,15-,16-,19-/m0/s1. The topological polar surface area (TPSA) is 243 Å². The van der Waals surface area contributed by atoms with Gasteiger partial charge in [0, 0.05) is 0 Å². The van der Waals surface area contributed by atoms with Crippen LogP contribution in [0.5, 0.6) is 0 Å². The van der Waals surface area contributed by atoms with Crippen LogP contribution >= 0.6 is 0 Å². The third-order valence-electron chi connectivity index (χ3n) is 5.32. The number of nitrogens with two attached hydrogens (primary N) is 2. The van der Waals surface area contributed by atoms with Crippen molar-refractivity contribution in [2.45, 2.75) is 84.0 Å². The number of hydrogen-bond donors (Lipinski definition) is 8. The maximum absolute atomic E-state index is 12.9. The number of carbonyl (C=O) groups is 6. The lowest BCUT2D eigenvalue weighted by atomic mass is 10.0. The molecule has 4 atom stereocenters. The van der Waals surface area contributed by atoms with E-state index in [9.17, 15) is 33.9 Å². The minimum Gasteiger partial charge on any atom is -0.481 e. The minimum atomic E-state index is -1.36. The fourth-order valence-electron chi connectivity index (χ4n) is 3.33. The second kappa shape index (κ2) is 17.2. The Morgan fingerprint density at radius 1 is 0.811 bits per heavy atom. The number of nitrogens with one attached hydrogen (secondary N) is 4. The molecule has 14 heteroatoms. The van der Waals surface area contributed by atoms with E-state index >= 15 is 0 Å². The highest BCUT2D eigenvalue weighted by Gasteiger charge is 2.30. The molecule has 0 aliphatic carbocycles. The van der Waals surface area contributed by atoms with E-state index in [0.29, 0.717) is 19.4 Å². The smallest absolute Gasteiger partial charge is 0.326 e. The number of carbonyl (C=O) groups excluding carboxylic acids is 4. The van der Waals surface area contributed by atoms with Gasteiger partial charge < -0.3 is 42.9 Å². The molecule has 0 spiro atoms. The summed E-state index contributed by atoms with van der Waals surface area (Å²) < 4.78 is 0. The van der Waals surface area contributed by atoms with Crippen LogP contribution in [0.25, 0.3) is 0 Å². The molecule has 4 amide bonds. The van der Waals surface area contributed by atoms with Gasteiger partial charge in [-0.25, -0.2) is 4.79 Å². The van der Waals surface area contributed by atoms with Crippen molar-refractivity contribution in [3.63, 3.8) is 0 Å². The van der Waals surface area contributed by atoms with Crippen LogP contribution in [0.3, 0.4) is 0 Å². The number of aliphatic carboxylic acids is 2. The second-order valence-corrected chi connectivity index (χ2v) is 9.59. The van der Waals surface area contributed by atoms with Crippen molar-refractivity contribution in [3.8, 4) is 0 Å². The summed E-state index contributed by atoms with van der Waals surface area (Å²) in [7, 11) is 0. The molecule has 0 aliphatic heterocycles. The van der Waals surface area contributed by atoms with Gasteiger partial charge in [0.05, 0.1) is 19.0 Å². The average molecular weight is 531 g/mol. The Hall–Kier alpha value is -3.26. The molecule has 37 heavy (non-hydrogen) atoms. The lowest BCUT2D eigenvalue weighted by Gasteiger charge is -2.26. The van der Waals surface area contributed by atoms with Gasteiger partial charge in [0.1, 0.15) is 18.1 Å². The summed E-state index contributed by atoms with van der Waals surface area (Å²) >= 11 is 0. The predicted molar refractivity (Wildman–Crippen MR) is 134 cm³/mol. The number of unbranched alkanes of at least 4 members (excludes halogenated alkanes) is 1. The quantitative estimate of drug-likeness (QED) is 0.0931. The summed E-state index contributed by atoms with van der Waals surface area (Å²) in [5.41, 5.74) is 11.1. The Balaban J connectivity index is 5.30. The SMILES string of the molecule is CC(C)C[C@H](NC(=O)CNC(=O)[C@H](CCCCN)NC(=O)[C@@H](NC(=O)[C@@H](N)CC(=O)O)C(C)C)C(=O)O. The summed E-state index contributed by atoms with van der Waals surface area (Å²) in [5, 5.41) is 27.8. The Bertz CT molecular complexity index is 804. The van der Waals surface area contributed by atoms with Crippen LogP contribution in [0.15, 0.2) is 0 Å². The van der Waals surface area contributed by atoms with Crippen molar-refractivity contribution in [3.05, 3.63) is 0 Å². The zero-order valence-electron chi connectivity index (χ0n) is 21.9. The molecular weight excluding hydrogens is 488 g/mol. The monoisotopic (exact) mass is 530 g/mol. The molecule has 0 fully saturated rings. The lowest BCUT2D eigenvalue weighted by molar-refractivity contribution is -0.142. The average Bonchev–Trinajstić information content (AvgIpc) is 2.78. The van der Waals surface area contributed by atoms with Crippen molar-refractivity contribution in [1.29, 1.82) is 0 Å². The van der Waals surface area contributed by atoms with Crippen molar-refractivity contribution in [2.24, 2.45) is 23.3 Å². The number of carboxylic acids is 2. The van der Waals surface area contributed by atoms with Crippen LogP contribution < -0.4 is 32.7 Å². The van der Waals surface area contributed by atoms with E-state index in [1.807, 2.05) is 13.8 Å². The van der Waals surface area contributed by atoms with Crippen LogP contribution in [0.1, 0.15) is 59.8 Å². The highest BCUT2D eigenvalue weighted by atomic mass is 16.4. The van der Waals surface area contributed by atoms with E-state index < -0.39 is 78.6 Å². The molecule has 10 N–H and O–H groups in total. The molecule has 212 valence electrons.